The summed E-state index contributed by atoms with van der Waals surface area (Å²) in [5.74, 6) is 0. The van der Waals surface area contributed by atoms with Crippen LogP contribution < -0.4 is 0 Å². The quantitative estimate of drug-likeness (QED) is 0.472. The molecule has 0 amide bonds. The van der Waals surface area contributed by atoms with Crippen LogP contribution in [0.15, 0.2) is 24.8 Å². The van der Waals surface area contributed by atoms with Crippen LogP contribution in [-0.4, -0.2) is 10.7 Å². The second-order valence-electron chi connectivity index (χ2n) is 3.73. The smallest absolute Gasteiger partial charge is 0.0831 e. The Morgan fingerprint density at radius 1 is 1.31 bits per heavy atom. The van der Waals surface area contributed by atoms with E-state index in [4.69, 9.17) is 0 Å². The standard InChI is InChI=1S/C12H22O/c1-4-6-7-8-9-10-11-12(3,13)5-2/h5,9-10,13H,2,4,6-8,11H2,1,3H3/b10-9+. The molecule has 1 nitrogen and oxygen atoms in total. The van der Waals surface area contributed by atoms with Crippen LogP contribution in [0.1, 0.15) is 46.0 Å². The first-order valence-corrected chi connectivity index (χ1v) is 5.13. The highest BCUT2D eigenvalue weighted by Crippen LogP contribution is 2.11. The fourth-order valence-corrected chi connectivity index (χ4v) is 1.04. The van der Waals surface area contributed by atoms with E-state index in [0.717, 1.165) is 6.42 Å². The molecule has 0 aliphatic carbocycles. The van der Waals surface area contributed by atoms with Gasteiger partial charge in [0.05, 0.1) is 5.60 Å². The summed E-state index contributed by atoms with van der Waals surface area (Å²) >= 11 is 0. The first kappa shape index (κ1) is 12.4. The summed E-state index contributed by atoms with van der Waals surface area (Å²) in [6.07, 6.45) is 11.4. The third-order valence-corrected chi connectivity index (χ3v) is 2.11. The van der Waals surface area contributed by atoms with Gasteiger partial charge in [-0.1, -0.05) is 38.0 Å². The van der Waals surface area contributed by atoms with Crippen molar-refractivity contribution in [3.05, 3.63) is 24.8 Å². The maximum atomic E-state index is 9.56. The molecule has 76 valence electrons. The highest BCUT2D eigenvalue weighted by molar-refractivity contribution is 4.98. The van der Waals surface area contributed by atoms with Crippen LogP contribution in [0.25, 0.3) is 0 Å². The van der Waals surface area contributed by atoms with Crippen molar-refractivity contribution in [1.29, 1.82) is 0 Å². The van der Waals surface area contributed by atoms with Gasteiger partial charge in [-0.3, -0.25) is 0 Å². The molecule has 1 heteroatoms. The van der Waals surface area contributed by atoms with Gasteiger partial charge in [-0.2, -0.15) is 0 Å². The third kappa shape index (κ3) is 7.79. The van der Waals surface area contributed by atoms with E-state index in [-0.39, 0.29) is 0 Å². The van der Waals surface area contributed by atoms with Crippen molar-refractivity contribution in [2.45, 2.75) is 51.6 Å². The van der Waals surface area contributed by atoms with Gasteiger partial charge in [0.25, 0.3) is 0 Å². The highest BCUT2D eigenvalue weighted by atomic mass is 16.3. The van der Waals surface area contributed by atoms with E-state index in [1.165, 1.54) is 19.3 Å². The lowest BCUT2D eigenvalue weighted by molar-refractivity contribution is 0.115. The summed E-state index contributed by atoms with van der Waals surface area (Å²) in [6, 6.07) is 0. The van der Waals surface area contributed by atoms with Crippen molar-refractivity contribution in [1.82, 2.24) is 0 Å². The van der Waals surface area contributed by atoms with Crippen LogP contribution in [0.4, 0.5) is 0 Å². The Morgan fingerprint density at radius 3 is 2.54 bits per heavy atom. The molecule has 1 N–H and O–H groups in total. The fraction of sp³-hybridized carbons (Fsp3) is 0.667. The number of aliphatic hydroxyl groups is 1. The maximum Gasteiger partial charge on any atom is 0.0831 e. The largest absolute Gasteiger partial charge is 0.386 e. The molecule has 0 fully saturated rings. The molecule has 0 aliphatic rings. The van der Waals surface area contributed by atoms with Gasteiger partial charge in [0.1, 0.15) is 0 Å². The Hall–Kier alpha value is -0.560. The summed E-state index contributed by atoms with van der Waals surface area (Å²) in [7, 11) is 0. The zero-order valence-electron chi connectivity index (χ0n) is 8.92. The number of hydrogen-bond acceptors (Lipinski definition) is 1. The van der Waals surface area contributed by atoms with Crippen molar-refractivity contribution in [2.75, 3.05) is 0 Å². The second kappa shape index (κ2) is 6.90. The number of unbranched alkanes of at least 4 members (excludes halogenated alkanes) is 3. The molecule has 0 bridgehead atoms. The molecule has 1 unspecified atom stereocenters. The van der Waals surface area contributed by atoms with Gasteiger partial charge < -0.3 is 5.11 Å². The average Bonchev–Trinajstić information content (AvgIpc) is 2.11. The Balaban J connectivity index is 3.46. The van der Waals surface area contributed by atoms with Crippen LogP contribution in [0.3, 0.4) is 0 Å². The Labute approximate surface area is 82.2 Å². The van der Waals surface area contributed by atoms with Gasteiger partial charge in [0, 0.05) is 0 Å². The van der Waals surface area contributed by atoms with Gasteiger partial charge in [0.2, 0.25) is 0 Å². The Bertz CT molecular complexity index is 157. The molecule has 0 saturated carbocycles. The topological polar surface area (TPSA) is 20.2 Å². The van der Waals surface area contributed by atoms with Crippen molar-refractivity contribution in [3.8, 4) is 0 Å². The minimum Gasteiger partial charge on any atom is -0.386 e. The first-order valence-electron chi connectivity index (χ1n) is 5.13. The van der Waals surface area contributed by atoms with Gasteiger partial charge in [-0.25, -0.2) is 0 Å². The van der Waals surface area contributed by atoms with E-state index in [1.54, 1.807) is 13.0 Å². The number of allylic oxidation sites excluding steroid dienone is 1. The molecule has 0 aromatic carbocycles. The fourth-order valence-electron chi connectivity index (χ4n) is 1.04. The maximum absolute atomic E-state index is 9.56. The minimum atomic E-state index is -0.735. The third-order valence-electron chi connectivity index (χ3n) is 2.11. The normalized spacial score (nSPS) is 15.9. The summed E-state index contributed by atoms with van der Waals surface area (Å²) in [6.45, 7) is 7.55. The lowest BCUT2D eigenvalue weighted by Crippen LogP contribution is -2.18. The molecule has 0 heterocycles. The predicted molar refractivity (Wildman–Crippen MR) is 58.7 cm³/mol. The molecule has 0 radical (unpaired) electrons. The second-order valence-corrected chi connectivity index (χ2v) is 3.73. The SMILES string of the molecule is C=CC(C)(O)C/C=C/CCCCC. The Kier molecular flexibility index (Phi) is 6.61. The zero-order chi connectivity index (χ0) is 10.2. The van der Waals surface area contributed by atoms with Crippen molar-refractivity contribution in [2.24, 2.45) is 0 Å². The Morgan fingerprint density at radius 2 is 2.00 bits per heavy atom. The lowest BCUT2D eigenvalue weighted by Gasteiger charge is -2.14. The van der Waals surface area contributed by atoms with Crippen LogP contribution in [0.2, 0.25) is 0 Å². The minimum absolute atomic E-state index is 0.669. The van der Waals surface area contributed by atoms with Crippen LogP contribution in [0.5, 0.6) is 0 Å². The summed E-state index contributed by atoms with van der Waals surface area (Å²) in [4.78, 5) is 0. The van der Waals surface area contributed by atoms with Crippen molar-refractivity contribution in [3.63, 3.8) is 0 Å². The number of hydrogen-bond donors (Lipinski definition) is 1. The van der Waals surface area contributed by atoms with Crippen LogP contribution >= 0.6 is 0 Å². The molecule has 0 spiro atoms. The van der Waals surface area contributed by atoms with E-state index >= 15 is 0 Å². The molecule has 0 rings (SSSR count). The van der Waals surface area contributed by atoms with Crippen LogP contribution in [-0.2, 0) is 0 Å². The van der Waals surface area contributed by atoms with E-state index in [1.807, 2.05) is 6.08 Å². The van der Waals surface area contributed by atoms with Crippen molar-refractivity contribution < 1.29 is 5.11 Å². The molecule has 13 heavy (non-hydrogen) atoms. The monoisotopic (exact) mass is 182 g/mol. The zero-order valence-corrected chi connectivity index (χ0v) is 8.92. The molecule has 0 aliphatic heterocycles. The first-order chi connectivity index (χ1) is 6.12. The molecule has 0 aromatic rings. The van der Waals surface area contributed by atoms with E-state index < -0.39 is 5.60 Å². The highest BCUT2D eigenvalue weighted by Gasteiger charge is 2.11. The molecule has 0 saturated heterocycles. The van der Waals surface area contributed by atoms with Gasteiger partial charge in [-0.15, -0.1) is 6.58 Å². The number of rotatable bonds is 7. The molecular formula is C12H22O. The van der Waals surface area contributed by atoms with Gasteiger partial charge in [0.15, 0.2) is 0 Å². The summed E-state index contributed by atoms with van der Waals surface area (Å²) in [5, 5.41) is 9.56. The average molecular weight is 182 g/mol. The molecular weight excluding hydrogens is 160 g/mol. The van der Waals surface area contributed by atoms with Gasteiger partial charge >= 0.3 is 0 Å². The van der Waals surface area contributed by atoms with Crippen LogP contribution in [0, 0.1) is 0 Å². The molecule has 0 aromatic heterocycles. The predicted octanol–water partition coefficient (Wildman–Crippen LogP) is 3.45. The van der Waals surface area contributed by atoms with Gasteiger partial charge in [-0.05, 0) is 26.2 Å². The van der Waals surface area contributed by atoms with E-state index in [2.05, 4.69) is 19.6 Å². The summed E-state index contributed by atoms with van der Waals surface area (Å²) in [5.41, 5.74) is -0.735. The van der Waals surface area contributed by atoms with Crippen molar-refractivity contribution >= 4 is 0 Å². The summed E-state index contributed by atoms with van der Waals surface area (Å²) < 4.78 is 0. The van der Waals surface area contributed by atoms with E-state index in [9.17, 15) is 5.11 Å². The molecule has 1 atom stereocenters. The lowest BCUT2D eigenvalue weighted by atomic mass is 10.0. The van der Waals surface area contributed by atoms with E-state index in [0.29, 0.717) is 6.42 Å².